The number of para-hydroxylation sites is 1. The molecule has 0 saturated heterocycles. The van der Waals surface area contributed by atoms with Crippen LogP contribution in [0.3, 0.4) is 0 Å². The Balaban J connectivity index is 1.96. The maximum atomic E-state index is 10.1. The van der Waals surface area contributed by atoms with E-state index in [1.165, 1.54) is 0 Å². The largest absolute Gasteiger partial charge is 0.378 e. The van der Waals surface area contributed by atoms with E-state index in [-0.39, 0.29) is 0 Å². The van der Waals surface area contributed by atoms with Gasteiger partial charge in [-0.2, -0.15) is 0 Å². The fraction of sp³-hybridized carbons (Fsp3) is 0.176. The van der Waals surface area contributed by atoms with Crippen molar-refractivity contribution in [2.45, 2.75) is 6.23 Å². The second kappa shape index (κ2) is 5.02. The molecular weight excluding hydrogens is 248 g/mol. The van der Waals surface area contributed by atoms with Crippen LogP contribution >= 0.6 is 0 Å². The van der Waals surface area contributed by atoms with Gasteiger partial charge in [-0.3, -0.25) is 0 Å². The third-order valence-electron chi connectivity index (χ3n) is 3.56. The first-order valence-corrected chi connectivity index (χ1v) is 6.68. The molecule has 0 saturated carbocycles. The van der Waals surface area contributed by atoms with Gasteiger partial charge in [-0.1, -0.05) is 30.3 Å². The van der Waals surface area contributed by atoms with Gasteiger partial charge >= 0.3 is 0 Å². The van der Waals surface area contributed by atoms with Crippen LogP contribution in [0, 0.1) is 0 Å². The molecule has 1 heterocycles. The van der Waals surface area contributed by atoms with Gasteiger partial charge in [-0.05, 0) is 29.8 Å². The monoisotopic (exact) mass is 266 g/mol. The number of anilines is 2. The lowest BCUT2D eigenvalue weighted by Crippen LogP contribution is -2.12. The molecule has 3 rings (SSSR count). The number of benzene rings is 2. The minimum absolute atomic E-state index is 0.638. The zero-order valence-corrected chi connectivity index (χ0v) is 11.7. The van der Waals surface area contributed by atoms with Crippen LogP contribution in [0.4, 0.5) is 11.4 Å². The molecule has 0 spiro atoms. The van der Waals surface area contributed by atoms with Crippen molar-refractivity contribution in [1.82, 2.24) is 0 Å². The molecule has 3 nitrogen and oxygen atoms in total. The highest BCUT2D eigenvalue weighted by Gasteiger charge is 2.23. The van der Waals surface area contributed by atoms with Crippen molar-refractivity contribution < 1.29 is 5.11 Å². The predicted molar refractivity (Wildman–Crippen MR) is 84.7 cm³/mol. The Kier molecular flexibility index (Phi) is 3.20. The highest BCUT2D eigenvalue weighted by molar-refractivity contribution is 5.94. The van der Waals surface area contributed by atoms with Gasteiger partial charge in [-0.15, -0.1) is 0 Å². The predicted octanol–water partition coefficient (Wildman–Crippen LogP) is 3.04. The molecule has 2 N–H and O–H groups in total. The first-order chi connectivity index (χ1) is 9.65. The van der Waals surface area contributed by atoms with E-state index < -0.39 is 6.23 Å². The molecule has 102 valence electrons. The summed E-state index contributed by atoms with van der Waals surface area (Å²) in [7, 11) is 4.04. The molecule has 0 fully saturated rings. The van der Waals surface area contributed by atoms with Crippen molar-refractivity contribution in [3.05, 3.63) is 59.7 Å². The van der Waals surface area contributed by atoms with Crippen molar-refractivity contribution in [2.24, 2.45) is 0 Å². The zero-order chi connectivity index (χ0) is 14.1. The number of hydrogen-bond acceptors (Lipinski definition) is 3. The molecule has 3 heteroatoms. The summed E-state index contributed by atoms with van der Waals surface area (Å²) in [6.45, 7) is 0. The number of aliphatic hydroxyl groups excluding tert-OH is 1. The maximum absolute atomic E-state index is 10.1. The average molecular weight is 266 g/mol. The van der Waals surface area contributed by atoms with Crippen molar-refractivity contribution in [1.29, 1.82) is 0 Å². The molecule has 0 aromatic heterocycles. The number of nitrogens with one attached hydrogen (secondary N) is 1. The van der Waals surface area contributed by atoms with Gasteiger partial charge in [0.1, 0.15) is 0 Å². The Morgan fingerprint density at radius 1 is 1.05 bits per heavy atom. The number of nitrogens with zero attached hydrogens (tertiary/aromatic N) is 1. The summed E-state index contributed by atoms with van der Waals surface area (Å²) < 4.78 is 0. The lowest BCUT2D eigenvalue weighted by atomic mass is 10.0. The minimum Gasteiger partial charge on any atom is -0.378 e. The average Bonchev–Trinajstić information content (AvgIpc) is 2.76. The standard InChI is InChI=1S/C17H18N2O/c1-19(2)13-9-7-12(8-10-13)11-15-14-5-3-4-6-16(14)18-17(15)20/h3-11,17-18,20H,1-2H3/b15-11-. The normalized spacial score (nSPS) is 18.8. The molecule has 2 aromatic carbocycles. The van der Waals surface area contributed by atoms with Gasteiger partial charge in [0, 0.05) is 36.6 Å². The summed E-state index contributed by atoms with van der Waals surface area (Å²) in [5, 5.41) is 13.2. The van der Waals surface area contributed by atoms with Crippen LogP contribution in [0.5, 0.6) is 0 Å². The molecule has 0 radical (unpaired) electrons. The van der Waals surface area contributed by atoms with Crippen LogP contribution in [0.1, 0.15) is 11.1 Å². The van der Waals surface area contributed by atoms with E-state index in [0.717, 1.165) is 28.1 Å². The smallest absolute Gasteiger partial charge is 0.151 e. The van der Waals surface area contributed by atoms with E-state index in [9.17, 15) is 5.11 Å². The Morgan fingerprint density at radius 3 is 2.45 bits per heavy atom. The van der Waals surface area contributed by atoms with Gasteiger partial charge in [0.05, 0.1) is 0 Å². The van der Waals surface area contributed by atoms with Gasteiger partial charge in [-0.25, -0.2) is 0 Å². The van der Waals surface area contributed by atoms with Crippen LogP contribution in [-0.4, -0.2) is 25.4 Å². The van der Waals surface area contributed by atoms with Crippen LogP contribution in [-0.2, 0) is 0 Å². The molecular formula is C17H18N2O. The molecule has 0 aliphatic carbocycles. The van der Waals surface area contributed by atoms with Crippen molar-refractivity contribution in [3.63, 3.8) is 0 Å². The fourth-order valence-electron chi connectivity index (χ4n) is 2.44. The van der Waals surface area contributed by atoms with E-state index in [0.29, 0.717) is 0 Å². The van der Waals surface area contributed by atoms with E-state index in [2.05, 4.69) is 34.5 Å². The summed E-state index contributed by atoms with van der Waals surface area (Å²) in [6, 6.07) is 16.2. The maximum Gasteiger partial charge on any atom is 0.151 e. The highest BCUT2D eigenvalue weighted by atomic mass is 16.3. The van der Waals surface area contributed by atoms with Gasteiger partial charge < -0.3 is 15.3 Å². The van der Waals surface area contributed by atoms with Crippen molar-refractivity contribution in [3.8, 4) is 0 Å². The Labute approximate surface area is 119 Å². The molecule has 1 atom stereocenters. The Hall–Kier alpha value is -2.26. The van der Waals surface area contributed by atoms with E-state index >= 15 is 0 Å². The summed E-state index contributed by atoms with van der Waals surface area (Å²) in [6.07, 6.45) is 1.39. The van der Waals surface area contributed by atoms with E-state index in [1.807, 2.05) is 44.4 Å². The number of aliphatic hydroxyl groups is 1. The SMILES string of the molecule is CN(C)c1ccc(/C=C2/c3ccccc3NC2O)cc1. The van der Waals surface area contributed by atoms with Gasteiger partial charge in [0.15, 0.2) is 6.23 Å². The highest BCUT2D eigenvalue weighted by Crippen LogP contribution is 2.35. The molecule has 1 aliphatic heterocycles. The van der Waals surface area contributed by atoms with Crippen LogP contribution in [0.2, 0.25) is 0 Å². The zero-order valence-electron chi connectivity index (χ0n) is 11.7. The topological polar surface area (TPSA) is 35.5 Å². The molecule has 1 unspecified atom stereocenters. The fourth-order valence-corrected chi connectivity index (χ4v) is 2.44. The molecule has 2 aromatic rings. The first kappa shape index (κ1) is 12.8. The van der Waals surface area contributed by atoms with E-state index in [1.54, 1.807) is 0 Å². The second-order valence-corrected chi connectivity index (χ2v) is 5.18. The van der Waals surface area contributed by atoms with Gasteiger partial charge in [0.25, 0.3) is 0 Å². The summed E-state index contributed by atoms with van der Waals surface area (Å²) in [5.41, 5.74) is 5.21. The number of fused-ring (bicyclic) bond motifs is 1. The third-order valence-corrected chi connectivity index (χ3v) is 3.56. The first-order valence-electron chi connectivity index (χ1n) is 6.68. The molecule has 20 heavy (non-hydrogen) atoms. The van der Waals surface area contributed by atoms with Crippen LogP contribution in [0.15, 0.2) is 48.5 Å². The lowest BCUT2D eigenvalue weighted by molar-refractivity contribution is 0.266. The van der Waals surface area contributed by atoms with Crippen LogP contribution in [0.25, 0.3) is 11.6 Å². The Bertz CT molecular complexity index is 644. The van der Waals surface area contributed by atoms with Gasteiger partial charge in [0.2, 0.25) is 0 Å². The quantitative estimate of drug-likeness (QED) is 0.877. The lowest BCUT2D eigenvalue weighted by Gasteiger charge is -2.12. The summed E-state index contributed by atoms with van der Waals surface area (Å²) in [4.78, 5) is 2.07. The molecule has 0 bridgehead atoms. The summed E-state index contributed by atoms with van der Waals surface area (Å²) >= 11 is 0. The second-order valence-electron chi connectivity index (χ2n) is 5.18. The van der Waals surface area contributed by atoms with Crippen LogP contribution < -0.4 is 10.2 Å². The molecule has 1 aliphatic rings. The summed E-state index contributed by atoms with van der Waals surface area (Å²) in [5.74, 6) is 0. The Morgan fingerprint density at radius 2 is 1.75 bits per heavy atom. The van der Waals surface area contributed by atoms with Crippen molar-refractivity contribution in [2.75, 3.05) is 24.3 Å². The number of rotatable bonds is 2. The third kappa shape index (κ3) is 2.28. The minimum atomic E-state index is -0.638. The molecule has 0 amide bonds. The van der Waals surface area contributed by atoms with Crippen molar-refractivity contribution >= 4 is 23.0 Å². The number of hydrogen-bond donors (Lipinski definition) is 2. The van der Waals surface area contributed by atoms with E-state index in [4.69, 9.17) is 0 Å².